The lowest BCUT2D eigenvalue weighted by atomic mass is 10.2. The van der Waals surface area contributed by atoms with Crippen molar-refractivity contribution in [1.29, 1.82) is 0 Å². The SMILES string of the molecule is Cc1cc(Cl)ccc1NC(=S)Nc1ncc(Br)cn1. The van der Waals surface area contributed by atoms with Crippen LogP contribution in [-0.2, 0) is 0 Å². The predicted octanol–water partition coefficient (Wildman–Crippen LogP) is 4.01. The Hall–Kier alpha value is -1.24. The molecule has 1 aromatic heterocycles. The molecule has 2 aromatic rings. The van der Waals surface area contributed by atoms with E-state index in [0.717, 1.165) is 15.7 Å². The zero-order valence-corrected chi connectivity index (χ0v) is 13.1. The van der Waals surface area contributed by atoms with Gasteiger partial charge in [-0.1, -0.05) is 11.6 Å². The Morgan fingerprint density at radius 2 is 1.95 bits per heavy atom. The summed E-state index contributed by atoms with van der Waals surface area (Å²) in [4.78, 5) is 8.16. The van der Waals surface area contributed by atoms with Gasteiger partial charge in [0.2, 0.25) is 5.95 Å². The molecule has 0 bridgehead atoms. The van der Waals surface area contributed by atoms with Crippen molar-refractivity contribution in [2.45, 2.75) is 6.92 Å². The maximum Gasteiger partial charge on any atom is 0.228 e. The number of hydrogen-bond acceptors (Lipinski definition) is 3. The Morgan fingerprint density at radius 1 is 1.26 bits per heavy atom. The molecule has 0 aliphatic heterocycles. The molecule has 0 aliphatic carbocycles. The highest BCUT2D eigenvalue weighted by Gasteiger charge is 2.03. The summed E-state index contributed by atoms with van der Waals surface area (Å²) in [5, 5.41) is 7.09. The van der Waals surface area contributed by atoms with Gasteiger partial charge in [0, 0.05) is 23.1 Å². The molecule has 1 aromatic carbocycles. The van der Waals surface area contributed by atoms with Gasteiger partial charge in [0.15, 0.2) is 5.11 Å². The van der Waals surface area contributed by atoms with Crippen LogP contribution < -0.4 is 10.6 Å². The van der Waals surface area contributed by atoms with Gasteiger partial charge in [-0.3, -0.25) is 0 Å². The van der Waals surface area contributed by atoms with Crippen LogP contribution in [0.15, 0.2) is 35.1 Å². The second-order valence-corrected chi connectivity index (χ2v) is 5.52. The van der Waals surface area contributed by atoms with Crippen molar-refractivity contribution in [3.63, 3.8) is 0 Å². The summed E-state index contributed by atoms with van der Waals surface area (Å²) >= 11 is 14.4. The quantitative estimate of drug-likeness (QED) is 0.795. The van der Waals surface area contributed by atoms with Crippen molar-refractivity contribution < 1.29 is 0 Å². The van der Waals surface area contributed by atoms with Crippen LogP contribution in [0.3, 0.4) is 0 Å². The largest absolute Gasteiger partial charge is 0.332 e. The van der Waals surface area contributed by atoms with Crippen LogP contribution in [0, 0.1) is 6.92 Å². The number of aromatic nitrogens is 2. The van der Waals surface area contributed by atoms with Crippen LogP contribution in [0.1, 0.15) is 5.56 Å². The molecule has 0 saturated carbocycles. The van der Waals surface area contributed by atoms with Gasteiger partial charge >= 0.3 is 0 Å². The van der Waals surface area contributed by atoms with Gasteiger partial charge < -0.3 is 10.6 Å². The number of nitrogens with one attached hydrogen (secondary N) is 2. The number of aryl methyl sites for hydroxylation is 1. The molecule has 19 heavy (non-hydrogen) atoms. The molecule has 0 atom stereocenters. The second kappa shape index (κ2) is 6.27. The fourth-order valence-electron chi connectivity index (χ4n) is 1.40. The number of nitrogens with zero attached hydrogens (tertiary/aromatic N) is 2. The minimum Gasteiger partial charge on any atom is -0.332 e. The molecule has 2 N–H and O–H groups in total. The van der Waals surface area contributed by atoms with E-state index in [1.54, 1.807) is 18.5 Å². The van der Waals surface area contributed by atoms with Crippen LogP contribution >= 0.6 is 39.7 Å². The molecule has 0 amide bonds. The van der Waals surface area contributed by atoms with E-state index in [1.807, 2.05) is 19.1 Å². The van der Waals surface area contributed by atoms with E-state index in [0.29, 0.717) is 16.1 Å². The number of anilines is 2. The lowest BCUT2D eigenvalue weighted by molar-refractivity contribution is 1.16. The molecule has 0 aliphatic rings. The fourth-order valence-corrected chi connectivity index (χ4v) is 2.03. The highest BCUT2D eigenvalue weighted by molar-refractivity contribution is 9.10. The number of benzene rings is 1. The first-order valence-corrected chi connectivity index (χ1v) is 6.94. The molecule has 4 nitrogen and oxygen atoms in total. The number of halogens is 2. The van der Waals surface area contributed by atoms with E-state index in [2.05, 4.69) is 36.5 Å². The third-order valence-electron chi connectivity index (χ3n) is 2.28. The smallest absolute Gasteiger partial charge is 0.228 e. The van der Waals surface area contributed by atoms with Crippen LogP contribution in [0.4, 0.5) is 11.6 Å². The van der Waals surface area contributed by atoms with Gasteiger partial charge in [0.25, 0.3) is 0 Å². The van der Waals surface area contributed by atoms with Gasteiger partial charge in [-0.15, -0.1) is 0 Å². The Bertz CT molecular complexity index is 603. The number of thiocarbonyl (C=S) groups is 1. The Balaban J connectivity index is 2.03. The van der Waals surface area contributed by atoms with Crippen molar-refractivity contribution in [3.8, 4) is 0 Å². The average Bonchev–Trinajstić information content (AvgIpc) is 2.36. The minimum atomic E-state index is 0.424. The van der Waals surface area contributed by atoms with E-state index in [4.69, 9.17) is 23.8 Å². The van der Waals surface area contributed by atoms with Crippen molar-refractivity contribution in [3.05, 3.63) is 45.7 Å². The zero-order valence-electron chi connectivity index (χ0n) is 9.95. The zero-order chi connectivity index (χ0) is 13.8. The lowest BCUT2D eigenvalue weighted by Crippen LogP contribution is -2.20. The van der Waals surface area contributed by atoms with Crippen LogP contribution in [0.5, 0.6) is 0 Å². The molecule has 2 rings (SSSR count). The highest BCUT2D eigenvalue weighted by atomic mass is 79.9. The number of hydrogen-bond donors (Lipinski definition) is 2. The Labute approximate surface area is 129 Å². The molecule has 0 radical (unpaired) electrons. The standard InChI is InChI=1S/C12H10BrClN4S/c1-7-4-9(14)2-3-10(7)17-12(19)18-11-15-5-8(13)6-16-11/h2-6H,1H3,(H2,15,16,17,18,19). The third kappa shape index (κ3) is 4.12. The van der Waals surface area contributed by atoms with Crippen molar-refractivity contribution in [2.75, 3.05) is 10.6 Å². The molecule has 7 heteroatoms. The van der Waals surface area contributed by atoms with E-state index in [1.165, 1.54) is 0 Å². The van der Waals surface area contributed by atoms with Crippen LogP contribution in [-0.4, -0.2) is 15.1 Å². The summed E-state index contributed by atoms with van der Waals surface area (Å²) in [6.45, 7) is 1.95. The minimum absolute atomic E-state index is 0.424. The maximum atomic E-state index is 5.90. The molecule has 98 valence electrons. The van der Waals surface area contributed by atoms with Crippen molar-refractivity contribution in [2.24, 2.45) is 0 Å². The average molecular weight is 358 g/mol. The van der Waals surface area contributed by atoms with Crippen LogP contribution in [0.25, 0.3) is 0 Å². The maximum absolute atomic E-state index is 5.90. The van der Waals surface area contributed by atoms with E-state index in [9.17, 15) is 0 Å². The molecule has 1 heterocycles. The molecule has 0 fully saturated rings. The van der Waals surface area contributed by atoms with Gasteiger partial charge in [-0.05, 0) is 58.8 Å². The highest BCUT2D eigenvalue weighted by Crippen LogP contribution is 2.19. The van der Waals surface area contributed by atoms with Crippen molar-refractivity contribution >= 4 is 56.5 Å². The van der Waals surface area contributed by atoms with E-state index in [-0.39, 0.29) is 0 Å². The first kappa shape index (κ1) is 14.2. The third-order valence-corrected chi connectivity index (χ3v) is 3.13. The monoisotopic (exact) mass is 356 g/mol. The normalized spacial score (nSPS) is 10.1. The summed E-state index contributed by atoms with van der Waals surface area (Å²) in [6, 6.07) is 5.53. The van der Waals surface area contributed by atoms with Gasteiger partial charge in [-0.2, -0.15) is 0 Å². The molecular weight excluding hydrogens is 348 g/mol. The van der Waals surface area contributed by atoms with E-state index >= 15 is 0 Å². The summed E-state index contributed by atoms with van der Waals surface area (Å²) < 4.78 is 0.811. The van der Waals surface area contributed by atoms with Crippen molar-refractivity contribution in [1.82, 2.24) is 9.97 Å². The first-order valence-electron chi connectivity index (χ1n) is 5.36. The predicted molar refractivity (Wildman–Crippen MR) is 85.8 cm³/mol. The lowest BCUT2D eigenvalue weighted by Gasteiger charge is -2.11. The summed E-state index contributed by atoms with van der Waals surface area (Å²) in [5.41, 5.74) is 1.90. The number of rotatable bonds is 2. The molecule has 0 spiro atoms. The fraction of sp³-hybridized carbons (Fsp3) is 0.0833. The van der Waals surface area contributed by atoms with Gasteiger partial charge in [0.05, 0.1) is 4.47 Å². The molecular formula is C12H10BrClN4S. The Kier molecular flexibility index (Phi) is 4.68. The molecule has 0 saturated heterocycles. The summed E-state index contributed by atoms with van der Waals surface area (Å²) in [7, 11) is 0. The van der Waals surface area contributed by atoms with Gasteiger partial charge in [-0.25, -0.2) is 9.97 Å². The van der Waals surface area contributed by atoms with Gasteiger partial charge in [0.1, 0.15) is 0 Å². The van der Waals surface area contributed by atoms with Crippen LogP contribution in [0.2, 0.25) is 5.02 Å². The van der Waals surface area contributed by atoms with E-state index < -0.39 is 0 Å². The summed E-state index contributed by atoms with van der Waals surface area (Å²) in [5.74, 6) is 0.437. The first-order chi connectivity index (χ1) is 9.04. The second-order valence-electron chi connectivity index (χ2n) is 3.76. The Morgan fingerprint density at radius 3 is 2.58 bits per heavy atom. The molecule has 0 unspecified atom stereocenters. The topological polar surface area (TPSA) is 49.8 Å². The summed E-state index contributed by atoms with van der Waals surface area (Å²) in [6.07, 6.45) is 3.29.